The van der Waals surface area contributed by atoms with Crippen molar-refractivity contribution in [2.24, 2.45) is 12.8 Å². The number of phenols is 1. The molecule has 0 unspecified atom stereocenters. The molecule has 3 aromatic carbocycles. The minimum Gasteiger partial charge on any atom is -0.508 e. The van der Waals surface area contributed by atoms with E-state index in [9.17, 15) is 9.90 Å². The number of phenolic OH excluding ortho intramolecular Hbond substituents is 1. The third-order valence-electron chi connectivity index (χ3n) is 5.44. The van der Waals surface area contributed by atoms with Crippen LogP contribution in [0.2, 0.25) is 0 Å². The van der Waals surface area contributed by atoms with Crippen LogP contribution >= 0.6 is 24.8 Å². The molecule has 0 fully saturated rings. The number of hydrogen-bond acceptors (Lipinski definition) is 3. The van der Waals surface area contributed by atoms with Gasteiger partial charge in [-0.05, 0) is 53.4 Å². The Kier molecular flexibility index (Phi) is 9.63. The summed E-state index contributed by atoms with van der Waals surface area (Å²) in [7, 11) is 2.04. The zero-order chi connectivity index (χ0) is 22.5. The van der Waals surface area contributed by atoms with Gasteiger partial charge in [0.2, 0.25) is 11.4 Å². The minimum absolute atomic E-state index is 0. The molecule has 176 valence electrons. The fourth-order valence-corrected chi connectivity index (χ4v) is 3.61. The quantitative estimate of drug-likeness (QED) is 0.332. The average Bonchev–Trinajstić information content (AvgIpc) is 2.81. The van der Waals surface area contributed by atoms with Gasteiger partial charge in [-0.3, -0.25) is 4.79 Å². The number of anilines is 1. The molecule has 0 saturated carbocycles. The van der Waals surface area contributed by atoms with Crippen LogP contribution in [0.3, 0.4) is 0 Å². The lowest BCUT2D eigenvalue weighted by atomic mass is 10.1. The largest absolute Gasteiger partial charge is 0.508 e. The number of nitrogens with zero attached hydrogens (tertiary/aromatic N) is 1. The molecule has 4 N–H and O–H groups in total. The van der Waals surface area contributed by atoms with Crippen molar-refractivity contribution in [3.8, 4) is 5.75 Å². The number of halogens is 2. The van der Waals surface area contributed by atoms with Crippen LogP contribution in [-0.2, 0) is 18.3 Å². The van der Waals surface area contributed by atoms with Crippen LogP contribution in [0.1, 0.15) is 16.7 Å². The van der Waals surface area contributed by atoms with Crippen molar-refractivity contribution in [2.45, 2.75) is 12.5 Å². The molecule has 1 heterocycles. The molecule has 0 saturated heterocycles. The van der Waals surface area contributed by atoms with Crippen LogP contribution in [0.4, 0.5) is 5.69 Å². The summed E-state index contributed by atoms with van der Waals surface area (Å²) in [6, 6.07) is 24.1. The van der Waals surface area contributed by atoms with Crippen LogP contribution in [0.25, 0.3) is 23.1 Å². The number of benzene rings is 3. The molecule has 4 aromatic rings. The number of aryl methyl sites for hydroxylation is 1. The van der Waals surface area contributed by atoms with E-state index >= 15 is 0 Å². The number of hydrogen-bond donors (Lipinski definition) is 3. The van der Waals surface area contributed by atoms with Gasteiger partial charge in [0.1, 0.15) is 12.8 Å². The van der Waals surface area contributed by atoms with Gasteiger partial charge in [-0.15, -0.1) is 24.8 Å². The topological polar surface area (TPSA) is 79.2 Å². The summed E-state index contributed by atoms with van der Waals surface area (Å²) in [5.41, 5.74) is 11.0. The summed E-state index contributed by atoms with van der Waals surface area (Å²) >= 11 is 0. The normalized spacial score (nSPS) is 11.5. The van der Waals surface area contributed by atoms with Crippen molar-refractivity contribution in [3.63, 3.8) is 0 Å². The summed E-state index contributed by atoms with van der Waals surface area (Å²) in [6.45, 7) is 0. The number of nitrogens with two attached hydrogens (primary N) is 1. The number of nitrogens with one attached hydrogen (secondary N) is 1. The first kappa shape index (κ1) is 26.9. The number of aromatic nitrogens is 1. The summed E-state index contributed by atoms with van der Waals surface area (Å²) in [6.07, 6.45) is 6.62. The highest BCUT2D eigenvalue weighted by molar-refractivity contribution is 5.95. The highest BCUT2D eigenvalue weighted by Crippen LogP contribution is 2.19. The van der Waals surface area contributed by atoms with Gasteiger partial charge in [-0.2, -0.15) is 0 Å². The van der Waals surface area contributed by atoms with Gasteiger partial charge in [0.05, 0.1) is 11.4 Å². The Morgan fingerprint density at radius 2 is 1.65 bits per heavy atom. The van der Waals surface area contributed by atoms with Crippen LogP contribution in [0, 0.1) is 0 Å². The fourth-order valence-electron chi connectivity index (χ4n) is 3.61. The molecular formula is C27H28Cl2N3O2+. The van der Waals surface area contributed by atoms with Gasteiger partial charge in [0.15, 0.2) is 6.20 Å². The molecule has 4 rings (SSSR count). The van der Waals surface area contributed by atoms with E-state index in [-0.39, 0.29) is 36.5 Å². The first-order valence-electron chi connectivity index (χ1n) is 10.5. The molecule has 1 amide bonds. The van der Waals surface area contributed by atoms with E-state index in [1.54, 1.807) is 24.3 Å². The van der Waals surface area contributed by atoms with E-state index in [1.807, 2.05) is 43.4 Å². The van der Waals surface area contributed by atoms with Gasteiger partial charge in [-0.25, -0.2) is 4.57 Å². The number of pyridine rings is 1. The lowest BCUT2D eigenvalue weighted by Crippen LogP contribution is -2.37. The summed E-state index contributed by atoms with van der Waals surface area (Å²) in [5, 5.41) is 13.4. The number of carbonyl (C=O) groups excluding carboxylic acids is 1. The van der Waals surface area contributed by atoms with Gasteiger partial charge in [0, 0.05) is 17.8 Å². The van der Waals surface area contributed by atoms with E-state index in [0.29, 0.717) is 12.1 Å². The Labute approximate surface area is 211 Å². The second-order valence-corrected chi connectivity index (χ2v) is 7.82. The van der Waals surface area contributed by atoms with E-state index in [2.05, 4.69) is 46.4 Å². The van der Waals surface area contributed by atoms with Crippen molar-refractivity contribution in [1.29, 1.82) is 0 Å². The Balaban J connectivity index is 0.00000204. The number of amides is 1. The monoisotopic (exact) mass is 496 g/mol. The van der Waals surface area contributed by atoms with E-state index in [1.165, 1.54) is 10.9 Å². The molecule has 0 aliphatic carbocycles. The van der Waals surface area contributed by atoms with Gasteiger partial charge in [0.25, 0.3) is 0 Å². The Morgan fingerprint density at radius 3 is 2.35 bits per heavy atom. The summed E-state index contributed by atoms with van der Waals surface area (Å²) < 4.78 is 2.11. The van der Waals surface area contributed by atoms with E-state index in [4.69, 9.17) is 5.73 Å². The van der Waals surface area contributed by atoms with Crippen molar-refractivity contribution < 1.29 is 14.5 Å². The van der Waals surface area contributed by atoms with E-state index in [0.717, 1.165) is 16.7 Å². The molecule has 7 heteroatoms. The molecular weight excluding hydrogens is 469 g/mol. The fraction of sp³-hybridized carbons (Fsp3) is 0.111. The molecule has 5 nitrogen and oxygen atoms in total. The standard InChI is InChI=1S/C27H25N3O2.2ClH/c1-30-17-16-21(24-4-2-3-5-26(24)30)11-6-19-7-12-22(13-8-19)29-27(32)25(28)18-20-9-14-23(31)15-10-20;;/h2-17,25,31H,18,28H2,1H3;2*1H/p+1/t25-;;/m0../s1. The number of fused-ring (bicyclic) bond motifs is 1. The number of aromatic hydroxyl groups is 1. The van der Waals surface area contributed by atoms with Crippen molar-refractivity contribution >= 4 is 59.5 Å². The maximum Gasteiger partial charge on any atom is 0.241 e. The highest BCUT2D eigenvalue weighted by Gasteiger charge is 2.14. The molecule has 0 radical (unpaired) electrons. The Hall–Kier alpha value is -3.38. The summed E-state index contributed by atoms with van der Waals surface area (Å²) in [4.78, 5) is 12.4. The predicted octanol–water partition coefficient (Wildman–Crippen LogP) is 4.89. The molecule has 0 spiro atoms. The minimum atomic E-state index is -0.674. The van der Waals surface area contributed by atoms with Gasteiger partial charge < -0.3 is 16.2 Å². The lowest BCUT2D eigenvalue weighted by molar-refractivity contribution is -0.644. The Morgan fingerprint density at radius 1 is 0.971 bits per heavy atom. The van der Waals surface area contributed by atoms with Crippen LogP contribution in [-0.4, -0.2) is 17.1 Å². The summed E-state index contributed by atoms with van der Waals surface area (Å²) in [5.74, 6) is -0.0552. The average molecular weight is 497 g/mol. The first-order valence-corrected chi connectivity index (χ1v) is 10.5. The lowest BCUT2D eigenvalue weighted by Gasteiger charge is -2.12. The number of para-hydroxylation sites is 1. The van der Waals surface area contributed by atoms with Gasteiger partial charge >= 0.3 is 0 Å². The van der Waals surface area contributed by atoms with Crippen LogP contribution in [0.5, 0.6) is 5.75 Å². The SMILES string of the molecule is C[n+]1ccc(C=Cc2ccc(NC(=O)[C@@H](N)Cc3ccc(O)cc3)cc2)c2ccccc21.Cl.Cl. The molecule has 0 bridgehead atoms. The second kappa shape index (κ2) is 12.2. The first-order chi connectivity index (χ1) is 15.5. The van der Waals surface area contributed by atoms with Gasteiger partial charge in [-0.1, -0.05) is 48.6 Å². The maximum atomic E-state index is 12.4. The van der Waals surface area contributed by atoms with Crippen molar-refractivity contribution in [3.05, 3.63) is 102 Å². The van der Waals surface area contributed by atoms with Crippen LogP contribution < -0.4 is 15.6 Å². The molecule has 34 heavy (non-hydrogen) atoms. The molecule has 0 aliphatic rings. The van der Waals surface area contributed by atoms with Crippen molar-refractivity contribution in [2.75, 3.05) is 5.32 Å². The zero-order valence-electron chi connectivity index (χ0n) is 18.7. The second-order valence-electron chi connectivity index (χ2n) is 7.82. The third-order valence-corrected chi connectivity index (χ3v) is 5.44. The maximum absolute atomic E-state index is 12.4. The van der Waals surface area contributed by atoms with E-state index < -0.39 is 6.04 Å². The number of rotatable bonds is 6. The molecule has 0 aliphatic heterocycles. The molecule has 1 atom stereocenters. The Bertz CT molecular complexity index is 1270. The molecule has 1 aromatic heterocycles. The zero-order valence-corrected chi connectivity index (χ0v) is 20.4. The number of carbonyl (C=O) groups is 1. The van der Waals surface area contributed by atoms with Crippen LogP contribution in [0.15, 0.2) is 85.1 Å². The van der Waals surface area contributed by atoms with Crippen molar-refractivity contribution in [1.82, 2.24) is 0 Å². The smallest absolute Gasteiger partial charge is 0.241 e. The predicted molar refractivity (Wildman–Crippen MR) is 143 cm³/mol. The third kappa shape index (κ3) is 6.58. The highest BCUT2D eigenvalue weighted by atomic mass is 35.5.